The number of hydrogen-bond acceptors (Lipinski definition) is 4. The second kappa shape index (κ2) is 5.11. The van der Waals surface area contributed by atoms with Crippen molar-refractivity contribution in [2.45, 2.75) is 26.7 Å². The van der Waals surface area contributed by atoms with Gasteiger partial charge < -0.3 is 15.7 Å². The van der Waals surface area contributed by atoms with Gasteiger partial charge in [0.15, 0.2) is 0 Å². The second-order valence-electron chi connectivity index (χ2n) is 5.57. The van der Waals surface area contributed by atoms with Crippen LogP contribution in [-0.4, -0.2) is 35.1 Å². The lowest BCUT2D eigenvalue weighted by atomic mass is 9.80. The number of piperidine rings is 1. The van der Waals surface area contributed by atoms with Gasteiger partial charge >= 0.3 is 5.97 Å². The van der Waals surface area contributed by atoms with Crippen molar-refractivity contribution >= 4 is 17.7 Å². The van der Waals surface area contributed by atoms with E-state index in [1.54, 1.807) is 26.0 Å². The minimum absolute atomic E-state index is 0.430. The fourth-order valence-corrected chi connectivity index (χ4v) is 2.40. The molecule has 1 fully saturated rings. The molecule has 0 aromatic carbocycles. The zero-order valence-corrected chi connectivity index (χ0v) is 11.7. The van der Waals surface area contributed by atoms with E-state index < -0.39 is 17.3 Å². The van der Waals surface area contributed by atoms with Crippen LogP contribution in [-0.2, 0) is 4.79 Å². The molecule has 1 aliphatic rings. The number of rotatable bonds is 3. The van der Waals surface area contributed by atoms with Gasteiger partial charge in [0, 0.05) is 24.3 Å². The summed E-state index contributed by atoms with van der Waals surface area (Å²) in [7, 11) is 0. The van der Waals surface area contributed by atoms with Crippen molar-refractivity contribution in [3.05, 3.63) is 23.4 Å². The minimum atomic E-state index is -0.757. The van der Waals surface area contributed by atoms with Crippen LogP contribution < -0.4 is 10.6 Å². The van der Waals surface area contributed by atoms with Crippen LogP contribution in [0.5, 0.6) is 0 Å². The Balaban J connectivity index is 2.19. The van der Waals surface area contributed by atoms with Crippen molar-refractivity contribution in [3.8, 4) is 0 Å². The smallest absolute Gasteiger partial charge is 0.309 e. The van der Waals surface area contributed by atoms with E-state index in [2.05, 4.69) is 4.98 Å². The number of anilines is 1. The van der Waals surface area contributed by atoms with Gasteiger partial charge in [-0.25, -0.2) is 4.98 Å². The average Bonchev–Trinajstić information content (AvgIpc) is 2.38. The lowest BCUT2D eigenvalue weighted by molar-refractivity contribution is -0.149. The highest BCUT2D eigenvalue weighted by molar-refractivity contribution is 5.93. The monoisotopic (exact) mass is 277 g/mol. The number of carboxylic acids is 1. The van der Waals surface area contributed by atoms with E-state index in [9.17, 15) is 14.7 Å². The van der Waals surface area contributed by atoms with Crippen molar-refractivity contribution < 1.29 is 14.7 Å². The van der Waals surface area contributed by atoms with Gasteiger partial charge in [-0.2, -0.15) is 0 Å². The number of nitrogens with two attached hydrogens (primary N) is 1. The summed E-state index contributed by atoms with van der Waals surface area (Å²) >= 11 is 0. The molecule has 2 rings (SSSR count). The largest absolute Gasteiger partial charge is 0.481 e. The van der Waals surface area contributed by atoms with Crippen molar-refractivity contribution in [1.29, 1.82) is 0 Å². The third kappa shape index (κ3) is 2.74. The number of amides is 1. The fourth-order valence-electron chi connectivity index (χ4n) is 2.40. The van der Waals surface area contributed by atoms with E-state index in [0.717, 1.165) is 5.69 Å². The Kier molecular flexibility index (Phi) is 3.65. The number of aryl methyl sites for hydroxylation is 1. The first-order chi connectivity index (χ1) is 9.32. The Labute approximate surface area is 117 Å². The first-order valence-electron chi connectivity index (χ1n) is 6.59. The number of carbonyl (C=O) groups is 2. The molecule has 1 saturated heterocycles. The lowest BCUT2D eigenvalue weighted by Gasteiger charge is -2.37. The van der Waals surface area contributed by atoms with Gasteiger partial charge in [-0.05, 0) is 38.8 Å². The molecular formula is C14H19N3O3. The summed E-state index contributed by atoms with van der Waals surface area (Å²) in [6, 6.07) is 3.32. The van der Waals surface area contributed by atoms with Gasteiger partial charge in [0.2, 0.25) is 5.91 Å². The Morgan fingerprint density at radius 1 is 1.35 bits per heavy atom. The number of carbonyl (C=O) groups excluding carboxylic acids is 1. The summed E-state index contributed by atoms with van der Waals surface area (Å²) in [5, 5.41) is 9.22. The quantitative estimate of drug-likeness (QED) is 0.864. The molecule has 0 atom stereocenters. The Hall–Kier alpha value is -2.11. The van der Waals surface area contributed by atoms with Crippen LogP contribution in [0.25, 0.3) is 0 Å². The molecule has 0 unspecified atom stereocenters. The van der Waals surface area contributed by atoms with Gasteiger partial charge in [0.1, 0.15) is 5.82 Å². The molecule has 1 amide bonds. The molecule has 20 heavy (non-hydrogen) atoms. The summed E-state index contributed by atoms with van der Waals surface area (Å²) < 4.78 is 0. The summed E-state index contributed by atoms with van der Waals surface area (Å²) in [5.41, 5.74) is 5.78. The van der Waals surface area contributed by atoms with Crippen LogP contribution in [0.1, 0.15) is 35.8 Å². The molecule has 6 nitrogen and oxygen atoms in total. The molecule has 0 bridgehead atoms. The van der Waals surface area contributed by atoms with Gasteiger partial charge in [0.05, 0.1) is 5.41 Å². The molecule has 0 spiro atoms. The molecule has 0 aliphatic carbocycles. The minimum Gasteiger partial charge on any atom is -0.481 e. The number of aliphatic carboxylic acids is 1. The Bertz CT molecular complexity index is 549. The predicted octanol–water partition coefficient (Wildman–Crippen LogP) is 1.18. The highest BCUT2D eigenvalue weighted by Crippen LogP contribution is 2.32. The topological polar surface area (TPSA) is 96.5 Å². The SMILES string of the molecule is Cc1cc(C(N)=O)cc(N2CCC(C)(C(=O)O)CC2)n1. The van der Waals surface area contributed by atoms with E-state index in [1.165, 1.54) is 0 Å². The third-order valence-electron chi connectivity index (χ3n) is 3.93. The third-order valence-corrected chi connectivity index (χ3v) is 3.93. The molecular weight excluding hydrogens is 258 g/mol. The first kappa shape index (κ1) is 14.3. The van der Waals surface area contributed by atoms with Crippen LogP contribution in [0.15, 0.2) is 12.1 Å². The maximum Gasteiger partial charge on any atom is 0.309 e. The van der Waals surface area contributed by atoms with Crippen LogP contribution in [0, 0.1) is 12.3 Å². The molecule has 2 heterocycles. The maximum atomic E-state index is 11.3. The van der Waals surface area contributed by atoms with E-state index in [0.29, 0.717) is 37.3 Å². The molecule has 1 aromatic heterocycles. The molecule has 0 radical (unpaired) electrons. The van der Waals surface area contributed by atoms with Crippen molar-refractivity contribution in [3.63, 3.8) is 0 Å². The Morgan fingerprint density at radius 2 is 1.95 bits per heavy atom. The van der Waals surface area contributed by atoms with E-state index in [4.69, 9.17) is 5.73 Å². The van der Waals surface area contributed by atoms with Crippen molar-refractivity contribution in [1.82, 2.24) is 4.98 Å². The van der Waals surface area contributed by atoms with E-state index >= 15 is 0 Å². The maximum absolute atomic E-state index is 11.3. The molecule has 108 valence electrons. The average molecular weight is 277 g/mol. The number of nitrogens with zero attached hydrogens (tertiary/aromatic N) is 2. The lowest BCUT2D eigenvalue weighted by Crippen LogP contribution is -2.43. The summed E-state index contributed by atoms with van der Waals surface area (Å²) in [4.78, 5) is 28.9. The summed E-state index contributed by atoms with van der Waals surface area (Å²) in [6.07, 6.45) is 1.12. The zero-order valence-electron chi connectivity index (χ0n) is 11.7. The van der Waals surface area contributed by atoms with Crippen LogP contribution in [0.3, 0.4) is 0 Å². The summed E-state index contributed by atoms with van der Waals surface area (Å²) in [5.74, 6) is -0.553. The second-order valence-corrected chi connectivity index (χ2v) is 5.57. The van der Waals surface area contributed by atoms with Crippen LogP contribution >= 0.6 is 0 Å². The van der Waals surface area contributed by atoms with E-state index in [1.807, 2.05) is 4.90 Å². The molecule has 1 aromatic rings. The fraction of sp³-hybridized carbons (Fsp3) is 0.500. The molecule has 3 N–H and O–H groups in total. The van der Waals surface area contributed by atoms with E-state index in [-0.39, 0.29) is 0 Å². The van der Waals surface area contributed by atoms with Gasteiger partial charge in [-0.1, -0.05) is 0 Å². The van der Waals surface area contributed by atoms with Gasteiger partial charge in [-0.3, -0.25) is 9.59 Å². The van der Waals surface area contributed by atoms with Crippen molar-refractivity contribution in [2.24, 2.45) is 11.1 Å². The number of hydrogen-bond donors (Lipinski definition) is 2. The summed E-state index contributed by atoms with van der Waals surface area (Å²) in [6.45, 7) is 4.79. The highest BCUT2D eigenvalue weighted by atomic mass is 16.4. The normalized spacial score (nSPS) is 17.8. The number of aromatic nitrogens is 1. The number of carboxylic acid groups (broad SMARTS) is 1. The van der Waals surface area contributed by atoms with Crippen LogP contribution in [0.4, 0.5) is 5.82 Å². The number of primary amides is 1. The standard InChI is InChI=1S/C14H19N3O3/c1-9-7-10(12(15)18)8-11(16-9)17-5-3-14(2,4-6-17)13(19)20/h7-8H,3-6H2,1-2H3,(H2,15,18)(H,19,20). The molecule has 1 aliphatic heterocycles. The zero-order chi connectivity index (χ0) is 14.9. The first-order valence-corrected chi connectivity index (χ1v) is 6.59. The highest BCUT2D eigenvalue weighted by Gasteiger charge is 2.37. The molecule has 6 heteroatoms. The van der Waals surface area contributed by atoms with Gasteiger partial charge in [-0.15, -0.1) is 0 Å². The van der Waals surface area contributed by atoms with Crippen molar-refractivity contribution in [2.75, 3.05) is 18.0 Å². The molecule has 0 saturated carbocycles. The predicted molar refractivity (Wildman–Crippen MR) is 74.7 cm³/mol. The van der Waals surface area contributed by atoms with Gasteiger partial charge in [0.25, 0.3) is 0 Å². The van der Waals surface area contributed by atoms with Crippen LogP contribution in [0.2, 0.25) is 0 Å². The number of pyridine rings is 1. The Morgan fingerprint density at radius 3 is 2.45 bits per heavy atom.